The Kier molecular flexibility index (Phi) is 5.78. The molecule has 0 aliphatic carbocycles. The molecule has 0 spiro atoms. The number of carboxylic acids is 1. The fraction of sp³-hybridized carbons (Fsp3) is 0.500. The number of thiophene rings is 1. The van der Waals surface area contributed by atoms with E-state index in [-0.39, 0.29) is 19.1 Å². The van der Waals surface area contributed by atoms with Crippen LogP contribution < -0.4 is 10.6 Å². The number of aryl methyl sites for hydroxylation is 1. The summed E-state index contributed by atoms with van der Waals surface area (Å²) in [7, 11) is 0. The van der Waals surface area contributed by atoms with Gasteiger partial charge in [0.25, 0.3) is 0 Å². The number of aliphatic hydroxyl groups is 1. The van der Waals surface area contributed by atoms with Gasteiger partial charge in [0.05, 0.1) is 6.04 Å². The van der Waals surface area contributed by atoms with Crippen LogP contribution in [0.5, 0.6) is 0 Å². The van der Waals surface area contributed by atoms with Gasteiger partial charge < -0.3 is 20.8 Å². The van der Waals surface area contributed by atoms with E-state index in [1.807, 2.05) is 26.0 Å². The van der Waals surface area contributed by atoms with E-state index in [0.29, 0.717) is 0 Å². The Morgan fingerprint density at radius 3 is 2.53 bits per heavy atom. The highest BCUT2D eigenvalue weighted by molar-refractivity contribution is 7.12. The lowest BCUT2D eigenvalue weighted by atomic mass is 10.2. The predicted molar refractivity (Wildman–Crippen MR) is 72.3 cm³/mol. The zero-order valence-electron chi connectivity index (χ0n) is 10.8. The first-order valence-corrected chi connectivity index (χ1v) is 6.72. The molecule has 0 aliphatic heterocycles. The van der Waals surface area contributed by atoms with Gasteiger partial charge in [-0.15, -0.1) is 11.3 Å². The van der Waals surface area contributed by atoms with E-state index in [1.54, 1.807) is 11.3 Å². The lowest BCUT2D eigenvalue weighted by molar-refractivity contribution is -0.139. The van der Waals surface area contributed by atoms with Gasteiger partial charge in [0.15, 0.2) is 0 Å². The highest BCUT2D eigenvalue weighted by Gasteiger charge is 2.20. The molecule has 0 bridgehead atoms. The summed E-state index contributed by atoms with van der Waals surface area (Å²) in [5.74, 6) is -1.16. The van der Waals surface area contributed by atoms with E-state index < -0.39 is 18.0 Å². The maximum absolute atomic E-state index is 11.7. The second-order valence-corrected chi connectivity index (χ2v) is 5.51. The van der Waals surface area contributed by atoms with Crippen LogP contribution in [0, 0.1) is 6.92 Å². The number of hydrogen-bond donors (Lipinski definition) is 4. The average Bonchev–Trinajstić information content (AvgIpc) is 2.75. The van der Waals surface area contributed by atoms with Crippen molar-refractivity contribution in [3.8, 4) is 0 Å². The van der Waals surface area contributed by atoms with Crippen LogP contribution in [-0.4, -0.2) is 34.9 Å². The Morgan fingerprint density at radius 2 is 2.05 bits per heavy atom. The van der Waals surface area contributed by atoms with E-state index >= 15 is 0 Å². The molecule has 2 amide bonds. The van der Waals surface area contributed by atoms with Crippen LogP contribution in [0.1, 0.15) is 29.1 Å². The van der Waals surface area contributed by atoms with Gasteiger partial charge in [-0.3, -0.25) is 0 Å². The Bertz CT molecular complexity index is 447. The van der Waals surface area contributed by atoms with E-state index in [2.05, 4.69) is 10.6 Å². The van der Waals surface area contributed by atoms with Gasteiger partial charge in [0.2, 0.25) is 0 Å². The van der Waals surface area contributed by atoms with Crippen molar-refractivity contribution in [3.05, 3.63) is 21.9 Å². The lowest BCUT2D eigenvalue weighted by Gasteiger charge is -2.17. The van der Waals surface area contributed by atoms with Crippen molar-refractivity contribution in [3.63, 3.8) is 0 Å². The van der Waals surface area contributed by atoms with Gasteiger partial charge >= 0.3 is 12.0 Å². The largest absolute Gasteiger partial charge is 0.480 e. The van der Waals surface area contributed by atoms with Gasteiger partial charge in [-0.05, 0) is 26.0 Å². The maximum Gasteiger partial charge on any atom is 0.326 e. The molecule has 1 aromatic heterocycles. The number of amides is 2. The number of aliphatic hydroxyl groups excluding tert-OH is 1. The molecular weight excluding hydrogens is 268 g/mol. The Labute approximate surface area is 115 Å². The summed E-state index contributed by atoms with van der Waals surface area (Å²) in [5.41, 5.74) is 0. The molecule has 6 nitrogen and oxygen atoms in total. The summed E-state index contributed by atoms with van der Waals surface area (Å²) in [5, 5.41) is 22.6. The van der Waals surface area contributed by atoms with Crippen LogP contribution in [0.3, 0.4) is 0 Å². The lowest BCUT2D eigenvalue weighted by Crippen LogP contribution is -2.46. The van der Waals surface area contributed by atoms with Gasteiger partial charge in [0.1, 0.15) is 6.04 Å². The molecule has 2 atom stereocenters. The number of urea groups is 1. The molecule has 0 aromatic carbocycles. The second-order valence-electron chi connectivity index (χ2n) is 4.19. The van der Waals surface area contributed by atoms with Crippen molar-refractivity contribution < 1.29 is 19.8 Å². The molecule has 0 aliphatic rings. The predicted octanol–water partition coefficient (Wildman–Crippen LogP) is 1.25. The molecule has 1 unspecified atom stereocenters. The molecule has 1 aromatic rings. The molecule has 106 valence electrons. The summed E-state index contributed by atoms with van der Waals surface area (Å²) in [6.07, 6.45) is -0.0186. The smallest absolute Gasteiger partial charge is 0.326 e. The average molecular weight is 286 g/mol. The highest BCUT2D eigenvalue weighted by Crippen LogP contribution is 2.21. The standard InChI is InChI=1S/C12H18N2O4S/c1-7-3-4-10(19-7)8(2)13-12(18)14-9(5-6-15)11(16)17/h3-4,8-9,15H,5-6H2,1-2H3,(H,16,17)(H2,13,14,18)/t8?,9-/m0/s1. The second kappa shape index (κ2) is 7.10. The fourth-order valence-corrected chi connectivity index (χ4v) is 2.42. The third-order valence-electron chi connectivity index (χ3n) is 2.56. The van der Waals surface area contributed by atoms with Crippen molar-refractivity contribution >= 4 is 23.3 Å². The molecule has 19 heavy (non-hydrogen) atoms. The normalized spacial score (nSPS) is 13.6. The first-order valence-electron chi connectivity index (χ1n) is 5.91. The summed E-state index contributed by atoms with van der Waals surface area (Å²) in [4.78, 5) is 24.6. The number of rotatable bonds is 6. The van der Waals surface area contributed by atoms with Crippen LogP contribution in [0.25, 0.3) is 0 Å². The van der Waals surface area contributed by atoms with Crippen LogP contribution in [0.2, 0.25) is 0 Å². The quantitative estimate of drug-likeness (QED) is 0.632. The fourth-order valence-electron chi connectivity index (χ4n) is 1.54. The summed E-state index contributed by atoms with van der Waals surface area (Å²) in [6.45, 7) is 3.51. The number of nitrogens with one attached hydrogen (secondary N) is 2. The minimum Gasteiger partial charge on any atom is -0.480 e. The SMILES string of the molecule is Cc1ccc(C(C)NC(=O)N[C@@H](CCO)C(=O)O)s1. The number of carboxylic acid groups (broad SMARTS) is 1. The van der Waals surface area contributed by atoms with Crippen LogP contribution in [0.4, 0.5) is 4.79 Å². The third kappa shape index (κ3) is 4.88. The minimum absolute atomic E-state index is 0.0186. The third-order valence-corrected chi connectivity index (χ3v) is 3.74. The van der Waals surface area contributed by atoms with Crippen LogP contribution in [-0.2, 0) is 4.79 Å². The minimum atomic E-state index is -1.16. The Morgan fingerprint density at radius 1 is 1.37 bits per heavy atom. The van der Waals surface area contributed by atoms with Crippen molar-refractivity contribution in [2.45, 2.75) is 32.4 Å². The first kappa shape index (κ1) is 15.5. The molecular formula is C12H18N2O4S. The number of carbonyl (C=O) groups is 2. The monoisotopic (exact) mass is 286 g/mol. The molecule has 0 fully saturated rings. The summed E-state index contributed by atoms with van der Waals surface area (Å²) in [6, 6.07) is 2.05. The van der Waals surface area contributed by atoms with E-state index in [1.165, 1.54) is 0 Å². The Balaban J connectivity index is 2.52. The summed E-state index contributed by atoms with van der Waals surface area (Å²) >= 11 is 1.57. The molecule has 4 N–H and O–H groups in total. The topological polar surface area (TPSA) is 98.7 Å². The van der Waals surface area contributed by atoms with E-state index in [9.17, 15) is 9.59 Å². The van der Waals surface area contributed by atoms with Crippen molar-refractivity contribution in [1.82, 2.24) is 10.6 Å². The van der Waals surface area contributed by atoms with Gasteiger partial charge in [0, 0.05) is 22.8 Å². The van der Waals surface area contributed by atoms with E-state index in [0.717, 1.165) is 9.75 Å². The number of carbonyl (C=O) groups excluding carboxylic acids is 1. The first-order chi connectivity index (χ1) is 8.93. The summed E-state index contributed by atoms with van der Waals surface area (Å²) < 4.78 is 0. The molecule has 7 heteroatoms. The molecule has 1 heterocycles. The molecule has 0 saturated carbocycles. The molecule has 0 saturated heterocycles. The number of aliphatic carboxylic acids is 1. The van der Waals surface area contributed by atoms with E-state index in [4.69, 9.17) is 10.2 Å². The van der Waals surface area contributed by atoms with Crippen LogP contribution >= 0.6 is 11.3 Å². The zero-order chi connectivity index (χ0) is 14.4. The highest BCUT2D eigenvalue weighted by atomic mass is 32.1. The van der Waals surface area contributed by atoms with Gasteiger partial charge in [-0.2, -0.15) is 0 Å². The molecule has 1 rings (SSSR count). The van der Waals surface area contributed by atoms with Crippen molar-refractivity contribution in [1.29, 1.82) is 0 Å². The Hall–Kier alpha value is -1.60. The zero-order valence-corrected chi connectivity index (χ0v) is 11.7. The van der Waals surface area contributed by atoms with Gasteiger partial charge in [-0.1, -0.05) is 0 Å². The van der Waals surface area contributed by atoms with Crippen molar-refractivity contribution in [2.75, 3.05) is 6.61 Å². The van der Waals surface area contributed by atoms with Crippen LogP contribution in [0.15, 0.2) is 12.1 Å². The van der Waals surface area contributed by atoms with Crippen molar-refractivity contribution in [2.24, 2.45) is 0 Å². The molecule has 0 radical (unpaired) electrons. The maximum atomic E-state index is 11.7. The number of hydrogen-bond acceptors (Lipinski definition) is 4. The van der Waals surface area contributed by atoms with Gasteiger partial charge in [-0.25, -0.2) is 9.59 Å².